The number of aliphatic hydroxyl groups is 1. The van der Waals surface area contributed by atoms with Crippen LogP contribution in [0.2, 0.25) is 0 Å². The lowest BCUT2D eigenvalue weighted by atomic mass is 10.0. The van der Waals surface area contributed by atoms with Crippen LogP contribution in [0.3, 0.4) is 0 Å². The molecule has 2 atom stereocenters. The molecular formula is C16H25IN4O2S. The number of aliphatic imine (C=N–C) groups is 1. The van der Waals surface area contributed by atoms with E-state index in [9.17, 15) is 5.11 Å². The molecule has 3 rings (SSSR count). The van der Waals surface area contributed by atoms with Crippen molar-refractivity contribution in [1.82, 2.24) is 15.2 Å². The van der Waals surface area contributed by atoms with Crippen molar-refractivity contribution in [1.29, 1.82) is 0 Å². The van der Waals surface area contributed by atoms with Gasteiger partial charge in [0.1, 0.15) is 6.10 Å². The van der Waals surface area contributed by atoms with Crippen LogP contribution in [0.5, 0.6) is 5.88 Å². The fourth-order valence-corrected chi connectivity index (χ4v) is 4.21. The molecule has 6 nitrogen and oxygen atoms in total. The van der Waals surface area contributed by atoms with Crippen molar-refractivity contribution in [3.63, 3.8) is 0 Å². The molecule has 0 radical (unpaired) electrons. The van der Waals surface area contributed by atoms with Crippen molar-refractivity contribution >= 4 is 41.7 Å². The van der Waals surface area contributed by atoms with Gasteiger partial charge in [-0.1, -0.05) is 6.07 Å². The van der Waals surface area contributed by atoms with Crippen molar-refractivity contribution in [2.24, 2.45) is 4.99 Å². The number of rotatable bonds is 4. The smallest absolute Gasteiger partial charge is 0.213 e. The molecule has 24 heavy (non-hydrogen) atoms. The number of ether oxygens (including phenoxy) is 1. The molecule has 0 saturated carbocycles. The summed E-state index contributed by atoms with van der Waals surface area (Å²) < 4.78 is 5.91. The van der Waals surface area contributed by atoms with E-state index in [2.05, 4.69) is 20.2 Å². The van der Waals surface area contributed by atoms with Crippen molar-refractivity contribution in [2.45, 2.75) is 24.5 Å². The fourth-order valence-electron chi connectivity index (χ4n) is 2.92. The molecule has 2 fully saturated rings. The molecule has 8 heteroatoms. The van der Waals surface area contributed by atoms with Crippen LogP contribution in [-0.2, 0) is 0 Å². The third-order valence-corrected chi connectivity index (χ3v) is 5.47. The number of halogens is 1. The Morgan fingerprint density at radius 2 is 2.46 bits per heavy atom. The maximum atomic E-state index is 10.4. The second-order valence-electron chi connectivity index (χ2n) is 6.07. The van der Waals surface area contributed by atoms with Gasteiger partial charge in [-0.15, -0.1) is 24.0 Å². The Morgan fingerprint density at radius 1 is 1.58 bits per heavy atom. The van der Waals surface area contributed by atoms with Gasteiger partial charge < -0.3 is 20.1 Å². The highest BCUT2D eigenvalue weighted by molar-refractivity contribution is 14.0. The van der Waals surface area contributed by atoms with Gasteiger partial charge in [0, 0.05) is 44.6 Å². The number of nitrogens with one attached hydrogen (secondary N) is 1. The molecule has 2 aliphatic rings. The molecule has 0 bridgehead atoms. The topological polar surface area (TPSA) is 70.0 Å². The van der Waals surface area contributed by atoms with E-state index in [1.54, 1.807) is 25.0 Å². The Balaban J connectivity index is 0.00000208. The van der Waals surface area contributed by atoms with Gasteiger partial charge >= 0.3 is 0 Å². The molecule has 0 aliphatic carbocycles. The van der Waals surface area contributed by atoms with Gasteiger partial charge in [-0.2, -0.15) is 11.8 Å². The normalized spacial score (nSPS) is 27.0. The highest BCUT2D eigenvalue weighted by Crippen LogP contribution is 2.27. The third kappa shape index (κ3) is 5.13. The number of guanidine groups is 1. The molecule has 1 aromatic rings. The SMILES string of the molecule is CN=C(NCC1(O)CCSC1)N1CCC(Oc2ccccn2)C1.I. The maximum Gasteiger partial charge on any atom is 0.213 e. The van der Waals surface area contributed by atoms with Crippen LogP contribution in [0.1, 0.15) is 12.8 Å². The summed E-state index contributed by atoms with van der Waals surface area (Å²) in [7, 11) is 1.78. The molecular weight excluding hydrogens is 439 g/mol. The zero-order valence-corrected chi connectivity index (χ0v) is 17.0. The summed E-state index contributed by atoms with van der Waals surface area (Å²) in [6, 6.07) is 5.68. The highest BCUT2D eigenvalue weighted by Gasteiger charge is 2.33. The van der Waals surface area contributed by atoms with Crippen molar-refractivity contribution in [3.8, 4) is 5.88 Å². The number of nitrogens with zero attached hydrogens (tertiary/aromatic N) is 3. The van der Waals surface area contributed by atoms with Gasteiger partial charge in [-0.25, -0.2) is 4.98 Å². The largest absolute Gasteiger partial charge is 0.472 e. The lowest BCUT2D eigenvalue weighted by molar-refractivity contribution is 0.0718. The lowest BCUT2D eigenvalue weighted by Gasteiger charge is -2.26. The zero-order valence-electron chi connectivity index (χ0n) is 13.9. The molecule has 134 valence electrons. The van der Waals surface area contributed by atoms with E-state index in [0.717, 1.165) is 43.4 Å². The van der Waals surface area contributed by atoms with Crippen LogP contribution in [0.25, 0.3) is 0 Å². The van der Waals surface area contributed by atoms with Gasteiger partial charge in [-0.05, 0) is 18.2 Å². The minimum absolute atomic E-state index is 0. The molecule has 0 amide bonds. The molecule has 2 saturated heterocycles. The first-order valence-corrected chi connectivity index (χ1v) is 9.17. The Labute approximate surface area is 164 Å². The van der Waals surface area contributed by atoms with Crippen LogP contribution in [0, 0.1) is 0 Å². The summed E-state index contributed by atoms with van der Waals surface area (Å²) in [6.07, 6.45) is 3.64. The standard InChI is InChI=1S/C16H24N4O2S.HI/c1-17-15(19-11-16(21)6-9-23-12-16)20-8-5-13(10-20)22-14-4-2-3-7-18-14;/h2-4,7,13,21H,5-6,8-12H2,1H3,(H,17,19);1H. The zero-order chi connectivity index (χ0) is 16.1. The van der Waals surface area contributed by atoms with E-state index in [-0.39, 0.29) is 30.1 Å². The first kappa shape index (κ1) is 19.6. The number of hydrogen-bond acceptors (Lipinski definition) is 5. The first-order valence-electron chi connectivity index (χ1n) is 8.02. The Bertz CT molecular complexity index is 540. The van der Waals surface area contributed by atoms with E-state index >= 15 is 0 Å². The van der Waals surface area contributed by atoms with Crippen molar-refractivity contribution in [3.05, 3.63) is 24.4 Å². The molecule has 1 aromatic heterocycles. The predicted octanol–water partition coefficient (Wildman–Crippen LogP) is 1.60. The van der Waals surface area contributed by atoms with Crippen LogP contribution in [-0.4, -0.2) is 70.8 Å². The fraction of sp³-hybridized carbons (Fsp3) is 0.625. The summed E-state index contributed by atoms with van der Waals surface area (Å²) in [5.41, 5.74) is -0.607. The Hall–Kier alpha value is -0.740. The van der Waals surface area contributed by atoms with E-state index in [4.69, 9.17) is 4.74 Å². The minimum Gasteiger partial charge on any atom is -0.472 e. The maximum absolute atomic E-state index is 10.4. The number of hydrogen-bond donors (Lipinski definition) is 2. The number of thioether (sulfide) groups is 1. The lowest BCUT2D eigenvalue weighted by Crippen LogP contribution is -2.48. The Kier molecular flexibility index (Phi) is 7.42. The van der Waals surface area contributed by atoms with E-state index in [0.29, 0.717) is 12.4 Å². The molecule has 0 spiro atoms. The van der Waals surface area contributed by atoms with Crippen LogP contribution < -0.4 is 10.1 Å². The second-order valence-corrected chi connectivity index (χ2v) is 7.18. The summed E-state index contributed by atoms with van der Waals surface area (Å²) >= 11 is 1.80. The molecule has 3 heterocycles. The number of likely N-dealkylation sites (tertiary alicyclic amines) is 1. The van der Waals surface area contributed by atoms with Gasteiger partial charge in [0.15, 0.2) is 5.96 Å². The van der Waals surface area contributed by atoms with Gasteiger partial charge in [-0.3, -0.25) is 4.99 Å². The van der Waals surface area contributed by atoms with Gasteiger partial charge in [0.25, 0.3) is 0 Å². The number of aromatic nitrogens is 1. The third-order valence-electron chi connectivity index (χ3n) is 4.24. The molecule has 2 unspecified atom stereocenters. The van der Waals surface area contributed by atoms with E-state index in [1.165, 1.54) is 0 Å². The summed E-state index contributed by atoms with van der Waals surface area (Å²) in [5, 5.41) is 13.8. The first-order chi connectivity index (χ1) is 11.2. The molecule has 2 aliphatic heterocycles. The van der Waals surface area contributed by atoms with Crippen molar-refractivity contribution < 1.29 is 9.84 Å². The average molecular weight is 464 g/mol. The van der Waals surface area contributed by atoms with Gasteiger partial charge in [0.05, 0.1) is 12.1 Å². The number of pyridine rings is 1. The highest BCUT2D eigenvalue weighted by atomic mass is 127. The van der Waals surface area contributed by atoms with Crippen molar-refractivity contribution in [2.75, 3.05) is 38.2 Å². The van der Waals surface area contributed by atoms with E-state index in [1.807, 2.05) is 18.2 Å². The molecule has 0 aromatic carbocycles. The summed E-state index contributed by atoms with van der Waals surface area (Å²) in [5.74, 6) is 3.32. The summed E-state index contributed by atoms with van der Waals surface area (Å²) in [4.78, 5) is 10.7. The Morgan fingerprint density at radius 3 is 3.12 bits per heavy atom. The van der Waals surface area contributed by atoms with E-state index < -0.39 is 5.60 Å². The summed E-state index contributed by atoms with van der Waals surface area (Å²) in [6.45, 7) is 2.22. The monoisotopic (exact) mass is 464 g/mol. The average Bonchev–Trinajstić information content (AvgIpc) is 3.19. The van der Waals surface area contributed by atoms with Crippen LogP contribution >= 0.6 is 35.7 Å². The van der Waals surface area contributed by atoms with Crippen LogP contribution in [0.15, 0.2) is 29.4 Å². The van der Waals surface area contributed by atoms with Gasteiger partial charge in [0.2, 0.25) is 5.88 Å². The minimum atomic E-state index is -0.607. The molecule has 2 N–H and O–H groups in total. The van der Waals surface area contributed by atoms with Crippen LogP contribution in [0.4, 0.5) is 0 Å². The quantitative estimate of drug-likeness (QED) is 0.401. The predicted molar refractivity (Wildman–Crippen MR) is 109 cm³/mol. The second kappa shape index (κ2) is 9.10.